The Morgan fingerprint density at radius 1 is 0.930 bits per heavy atom. The van der Waals surface area contributed by atoms with Crippen molar-refractivity contribution in [3.05, 3.63) is 95.2 Å². The van der Waals surface area contributed by atoms with E-state index < -0.39 is 18.6 Å². The fourth-order valence-electron chi connectivity index (χ4n) is 3.04. The number of alkyl halides is 3. The molecule has 43 heavy (non-hydrogen) atoms. The largest absolute Gasteiger partial charge is 0.481 e. The Labute approximate surface area is 260 Å². The summed E-state index contributed by atoms with van der Waals surface area (Å²) in [6, 6.07) is 17.1. The number of carboxylic acids is 1. The van der Waals surface area contributed by atoms with E-state index >= 15 is 0 Å². The van der Waals surface area contributed by atoms with Crippen LogP contribution in [-0.2, 0) is 11.2 Å². The Morgan fingerprint density at radius 2 is 1.42 bits per heavy atom. The van der Waals surface area contributed by atoms with Gasteiger partial charge < -0.3 is 21.5 Å². The van der Waals surface area contributed by atoms with Gasteiger partial charge in [-0.25, -0.2) is 0 Å². The molecule has 0 aromatic heterocycles. The molecule has 0 fully saturated rings. The summed E-state index contributed by atoms with van der Waals surface area (Å²) < 4.78 is 29.0. The molecule has 0 spiro atoms. The molecule has 8 heteroatoms. The maximum absolute atomic E-state index is 10.4. The Kier molecular flexibility index (Phi) is 32.1. The number of anilines is 1. The molecule has 246 valence electrons. The van der Waals surface area contributed by atoms with E-state index in [1.807, 2.05) is 68.5 Å². The van der Waals surface area contributed by atoms with E-state index in [1.54, 1.807) is 19.1 Å². The number of halogens is 3. The molecule has 0 amide bonds. The van der Waals surface area contributed by atoms with Crippen LogP contribution in [0.3, 0.4) is 0 Å². The maximum atomic E-state index is 10.4. The van der Waals surface area contributed by atoms with E-state index in [2.05, 4.69) is 73.5 Å². The van der Waals surface area contributed by atoms with Crippen molar-refractivity contribution in [2.75, 3.05) is 12.4 Å². The minimum absolute atomic E-state index is 0.252. The van der Waals surface area contributed by atoms with Crippen molar-refractivity contribution >= 4 is 17.4 Å². The van der Waals surface area contributed by atoms with Gasteiger partial charge in [0.05, 0.1) is 5.92 Å². The van der Waals surface area contributed by atoms with Gasteiger partial charge in [0.25, 0.3) is 0 Å². The van der Waals surface area contributed by atoms with Gasteiger partial charge in [0, 0.05) is 35.7 Å². The summed E-state index contributed by atoms with van der Waals surface area (Å²) in [5.74, 6) is -1.51. The first kappa shape index (κ1) is 46.3. The van der Waals surface area contributed by atoms with E-state index in [1.165, 1.54) is 16.8 Å². The van der Waals surface area contributed by atoms with Crippen molar-refractivity contribution in [2.24, 2.45) is 11.7 Å². The van der Waals surface area contributed by atoms with Gasteiger partial charge >= 0.3 is 12.6 Å². The molecule has 2 unspecified atom stereocenters. The van der Waals surface area contributed by atoms with Crippen LogP contribution in [0.2, 0.25) is 0 Å². The lowest BCUT2D eigenvalue weighted by Crippen LogP contribution is -2.17. The molecule has 0 saturated carbocycles. The summed E-state index contributed by atoms with van der Waals surface area (Å²) in [5, 5.41) is 15.4. The molecule has 0 aliphatic carbocycles. The predicted molar refractivity (Wildman–Crippen MR) is 182 cm³/mol. The van der Waals surface area contributed by atoms with Crippen LogP contribution < -0.4 is 16.4 Å². The highest BCUT2D eigenvalue weighted by Gasteiger charge is 2.13. The van der Waals surface area contributed by atoms with Gasteiger partial charge in [0.15, 0.2) is 0 Å². The number of aryl methyl sites for hydroxylation is 1. The zero-order chi connectivity index (χ0) is 34.5. The molecule has 0 aliphatic heterocycles. The molecule has 5 nitrogen and oxygen atoms in total. The number of rotatable bonds is 9. The number of carbonyl (C=O) groups is 1. The third kappa shape index (κ3) is 22.6. The van der Waals surface area contributed by atoms with Crippen LogP contribution in [0, 0.1) is 5.92 Å². The van der Waals surface area contributed by atoms with Crippen LogP contribution in [-0.4, -0.2) is 24.8 Å². The van der Waals surface area contributed by atoms with Gasteiger partial charge in [-0.1, -0.05) is 115 Å². The van der Waals surface area contributed by atoms with E-state index in [0.29, 0.717) is 5.70 Å². The lowest BCUT2D eigenvalue weighted by molar-refractivity contribution is -0.139. The number of benzene rings is 2. The normalized spacial score (nSPS) is 10.8. The number of hydrogen-bond acceptors (Lipinski definition) is 4. The quantitative estimate of drug-likeness (QED) is 0.213. The highest BCUT2D eigenvalue weighted by atomic mass is 19.4. The Hall–Kier alpha value is -3.68. The molecular weight excluding hydrogens is 551 g/mol. The molecule has 0 bridgehead atoms. The number of hydrogen-bond donors (Lipinski definition) is 4. The van der Waals surface area contributed by atoms with Gasteiger partial charge in [-0.3, -0.25) is 4.79 Å². The van der Waals surface area contributed by atoms with Gasteiger partial charge in [-0.15, -0.1) is 0 Å². The standard InChI is InChI=1S/C19H24N2.C9H15NO2.3C2H6.CHF3/c1-5-16-12-9-13-18(15(3)20-4)19(16)21-14(2)17-10-7-6-8-11-17;1-6(2)4-5-8(10)7(3)9(11)12;3*1-2;2-1(3)4/h6-14,20-21H,3,5H2,1-2,4H3;4-5,7H,10H2,1-3H3,(H,11,12);3*1-2H3;1H/b;8-5+;;;;. The molecule has 0 aliphatic rings. The zero-order valence-corrected chi connectivity index (χ0v) is 28.5. The van der Waals surface area contributed by atoms with Crippen molar-refractivity contribution in [1.29, 1.82) is 0 Å². The Morgan fingerprint density at radius 3 is 1.81 bits per heavy atom. The topological polar surface area (TPSA) is 87.4 Å². The van der Waals surface area contributed by atoms with Crippen LogP contribution in [0.4, 0.5) is 18.9 Å². The SMILES string of the molecule is C=C(NC)c1cccc(CC)c1NC(C)c1ccccc1.CC.CC.CC.CC(C)=C/C=C(/N)C(C)C(=O)O.FC(F)F. The second-order valence-corrected chi connectivity index (χ2v) is 8.42. The first-order valence-electron chi connectivity index (χ1n) is 14.9. The van der Waals surface area contributed by atoms with Gasteiger partial charge in [-0.2, -0.15) is 13.2 Å². The third-order valence-electron chi connectivity index (χ3n) is 5.30. The van der Waals surface area contributed by atoms with Crippen molar-refractivity contribution in [1.82, 2.24) is 5.32 Å². The summed E-state index contributed by atoms with van der Waals surface area (Å²) in [7, 11) is 1.91. The third-order valence-corrected chi connectivity index (χ3v) is 5.30. The molecule has 5 N–H and O–H groups in total. The molecule has 2 rings (SSSR count). The van der Waals surface area contributed by atoms with Gasteiger partial charge in [0.2, 0.25) is 0 Å². The van der Waals surface area contributed by atoms with Crippen LogP contribution in [0.5, 0.6) is 0 Å². The van der Waals surface area contributed by atoms with Crippen molar-refractivity contribution in [3.63, 3.8) is 0 Å². The fraction of sp³-hybridized carbons (Fsp3) is 0.457. The number of allylic oxidation sites excluding steroid dienone is 3. The lowest BCUT2D eigenvalue weighted by atomic mass is 10.0. The molecule has 2 aromatic rings. The maximum Gasteiger partial charge on any atom is 0.379 e. The number of nitrogens with one attached hydrogen (secondary N) is 2. The number of aliphatic carboxylic acids is 1. The van der Waals surface area contributed by atoms with Crippen LogP contribution >= 0.6 is 0 Å². The molecule has 2 atom stereocenters. The molecular formula is C35H58F3N3O2. The highest BCUT2D eigenvalue weighted by Crippen LogP contribution is 2.29. The summed E-state index contributed by atoms with van der Waals surface area (Å²) in [5.41, 5.74) is 12.8. The first-order chi connectivity index (χ1) is 20.3. The minimum atomic E-state index is -3.67. The highest BCUT2D eigenvalue weighted by molar-refractivity contribution is 5.76. The molecule has 0 saturated heterocycles. The second-order valence-electron chi connectivity index (χ2n) is 8.42. The van der Waals surface area contributed by atoms with Gasteiger partial charge in [-0.05, 0) is 51.3 Å². The van der Waals surface area contributed by atoms with Crippen LogP contribution in [0.1, 0.15) is 98.9 Å². The molecule has 0 radical (unpaired) electrons. The van der Waals surface area contributed by atoms with Crippen LogP contribution in [0.25, 0.3) is 5.70 Å². The first-order valence-corrected chi connectivity index (χ1v) is 14.9. The van der Waals surface area contributed by atoms with Gasteiger partial charge in [0.1, 0.15) is 0 Å². The Balaban J connectivity index is -0.000000293. The smallest absolute Gasteiger partial charge is 0.379 e. The van der Waals surface area contributed by atoms with Crippen molar-refractivity contribution in [2.45, 2.75) is 95.3 Å². The number of carboxylic acid groups (broad SMARTS) is 1. The second kappa shape index (κ2) is 29.8. The Bertz CT molecular complexity index is 1030. The predicted octanol–water partition coefficient (Wildman–Crippen LogP) is 10.4. The molecule has 2 aromatic carbocycles. The van der Waals surface area contributed by atoms with E-state index in [-0.39, 0.29) is 6.04 Å². The summed E-state index contributed by atoms with van der Waals surface area (Å²) in [4.78, 5) is 10.4. The van der Waals surface area contributed by atoms with Crippen LogP contribution in [0.15, 0.2) is 78.5 Å². The summed E-state index contributed by atoms with van der Waals surface area (Å²) >= 11 is 0. The number of nitrogens with two attached hydrogens (primary N) is 1. The van der Waals surface area contributed by atoms with E-state index in [9.17, 15) is 18.0 Å². The average Bonchev–Trinajstić information content (AvgIpc) is 3.02. The average molecular weight is 610 g/mol. The lowest BCUT2D eigenvalue weighted by Gasteiger charge is -2.22. The fourth-order valence-corrected chi connectivity index (χ4v) is 3.04. The monoisotopic (exact) mass is 609 g/mol. The zero-order valence-electron chi connectivity index (χ0n) is 28.5. The van der Waals surface area contributed by atoms with Crippen molar-refractivity contribution < 1.29 is 23.1 Å². The van der Waals surface area contributed by atoms with E-state index in [4.69, 9.17) is 10.8 Å². The number of para-hydroxylation sites is 1. The minimum Gasteiger partial charge on any atom is -0.481 e. The summed E-state index contributed by atoms with van der Waals surface area (Å²) in [6.07, 6.45) is 4.43. The van der Waals surface area contributed by atoms with Crippen molar-refractivity contribution in [3.8, 4) is 0 Å². The van der Waals surface area contributed by atoms with E-state index in [0.717, 1.165) is 23.3 Å². The molecule has 0 heterocycles. The summed E-state index contributed by atoms with van der Waals surface area (Å²) in [6.45, 7) is 22.2.